The highest BCUT2D eigenvalue weighted by atomic mass is 32.1. The van der Waals surface area contributed by atoms with Crippen molar-refractivity contribution in [2.75, 3.05) is 6.54 Å². The molecule has 1 heterocycles. The molecular formula is C13H22N2S. The van der Waals surface area contributed by atoms with Gasteiger partial charge < -0.3 is 5.32 Å². The van der Waals surface area contributed by atoms with Crippen molar-refractivity contribution in [3.63, 3.8) is 0 Å². The van der Waals surface area contributed by atoms with E-state index in [1.165, 1.54) is 23.5 Å². The molecule has 1 atom stereocenters. The lowest BCUT2D eigenvalue weighted by Gasteiger charge is -2.20. The monoisotopic (exact) mass is 238 g/mol. The highest BCUT2D eigenvalue weighted by Gasteiger charge is 2.23. The van der Waals surface area contributed by atoms with Gasteiger partial charge in [0, 0.05) is 11.4 Å². The van der Waals surface area contributed by atoms with E-state index in [0.29, 0.717) is 0 Å². The predicted molar refractivity (Wildman–Crippen MR) is 69.9 cm³/mol. The molecular weight excluding hydrogens is 216 g/mol. The molecule has 0 bridgehead atoms. The van der Waals surface area contributed by atoms with Crippen molar-refractivity contribution < 1.29 is 0 Å². The second-order valence-electron chi connectivity index (χ2n) is 5.25. The van der Waals surface area contributed by atoms with Gasteiger partial charge in [0.05, 0.1) is 10.7 Å². The maximum absolute atomic E-state index is 4.57. The smallest absolute Gasteiger partial charge is 0.0897 e. The maximum Gasteiger partial charge on any atom is 0.0897 e. The largest absolute Gasteiger partial charge is 0.314 e. The topological polar surface area (TPSA) is 24.9 Å². The molecule has 1 fully saturated rings. The molecule has 0 aliphatic heterocycles. The van der Waals surface area contributed by atoms with Gasteiger partial charge >= 0.3 is 0 Å². The molecule has 1 aromatic heterocycles. The van der Waals surface area contributed by atoms with Gasteiger partial charge in [-0.1, -0.05) is 13.8 Å². The zero-order valence-corrected chi connectivity index (χ0v) is 11.3. The first kappa shape index (κ1) is 12.1. The van der Waals surface area contributed by atoms with Crippen molar-refractivity contribution in [2.24, 2.45) is 11.8 Å². The predicted octanol–water partition coefficient (Wildman–Crippen LogP) is 3.02. The maximum atomic E-state index is 4.57. The van der Waals surface area contributed by atoms with Gasteiger partial charge in [0.15, 0.2) is 0 Å². The van der Waals surface area contributed by atoms with Crippen LogP contribution < -0.4 is 5.32 Å². The zero-order valence-electron chi connectivity index (χ0n) is 10.5. The Kier molecular flexibility index (Phi) is 3.98. The average molecular weight is 238 g/mol. The van der Waals surface area contributed by atoms with Gasteiger partial charge in [0.2, 0.25) is 0 Å². The molecule has 0 radical (unpaired) electrons. The number of aryl methyl sites for hydroxylation is 1. The van der Waals surface area contributed by atoms with Gasteiger partial charge in [0.25, 0.3) is 0 Å². The Morgan fingerprint density at radius 3 is 2.75 bits per heavy atom. The van der Waals surface area contributed by atoms with Crippen molar-refractivity contribution in [3.8, 4) is 0 Å². The summed E-state index contributed by atoms with van der Waals surface area (Å²) in [5, 5.41) is 7.04. The van der Waals surface area contributed by atoms with Gasteiger partial charge in [-0.25, -0.2) is 4.98 Å². The molecule has 1 aliphatic carbocycles. The number of hydrogen-bond acceptors (Lipinski definition) is 3. The summed E-state index contributed by atoms with van der Waals surface area (Å²) in [7, 11) is 0. The fourth-order valence-corrected chi connectivity index (χ4v) is 2.55. The Bertz CT molecular complexity index is 328. The zero-order chi connectivity index (χ0) is 11.5. The van der Waals surface area contributed by atoms with Crippen LogP contribution in [0, 0.1) is 18.8 Å². The number of aromatic nitrogens is 1. The highest BCUT2D eigenvalue weighted by Crippen LogP contribution is 2.22. The van der Waals surface area contributed by atoms with Gasteiger partial charge in [-0.2, -0.15) is 0 Å². The summed E-state index contributed by atoms with van der Waals surface area (Å²) in [6, 6.07) is 0.818. The van der Waals surface area contributed by atoms with Crippen LogP contribution >= 0.6 is 11.3 Å². The SMILES string of the molecule is Cc1nc(CC(CNC2CC2)C(C)C)cs1. The average Bonchev–Trinajstić information content (AvgIpc) is 2.96. The number of nitrogens with one attached hydrogen (secondary N) is 1. The summed E-state index contributed by atoms with van der Waals surface area (Å²) in [6.07, 6.45) is 3.88. The quantitative estimate of drug-likeness (QED) is 0.824. The summed E-state index contributed by atoms with van der Waals surface area (Å²) in [6.45, 7) is 7.87. The number of nitrogens with zero attached hydrogens (tertiary/aromatic N) is 1. The van der Waals surface area contributed by atoms with E-state index in [-0.39, 0.29) is 0 Å². The second-order valence-corrected chi connectivity index (χ2v) is 6.31. The lowest BCUT2D eigenvalue weighted by atomic mass is 9.91. The number of thiazole rings is 1. The van der Waals surface area contributed by atoms with Gasteiger partial charge in [-0.05, 0) is 44.6 Å². The molecule has 0 aromatic carbocycles. The van der Waals surface area contributed by atoms with E-state index >= 15 is 0 Å². The first-order chi connectivity index (χ1) is 7.65. The third-order valence-electron chi connectivity index (χ3n) is 3.33. The molecule has 16 heavy (non-hydrogen) atoms. The van der Waals surface area contributed by atoms with E-state index in [2.05, 4.69) is 36.5 Å². The molecule has 1 unspecified atom stereocenters. The molecule has 3 heteroatoms. The molecule has 90 valence electrons. The fraction of sp³-hybridized carbons (Fsp3) is 0.769. The summed E-state index contributed by atoms with van der Waals surface area (Å²) < 4.78 is 0. The number of hydrogen-bond donors (Lipinski definition) is 1. The van der Waals surface area contributed by atoms with Crippen molar-refractivity contribution in [1.29, 1.82) is 0 Å². The van der Waals surface area contributed by atoms with Gasteiger partial charge in [-0.15, -0.1) is 11.3 Å². The van der Waals surface area contributed by atoms with E-state index in [4.69, 9.17) is 0 Å². The van der Waals surface area contributed by atoms with E-state index < -0.39 is 0 Å². The molecule has 1 aromatic rings. The van der Waals surface area contributed by atoms with E-state index in [0.717, 1.165) is 30.8 Å². The van der Waals surface area contributed by atoms with Crippen LogP contribution in [0.5, 0.6) is 0 Å². The first-order valence-corrected chi connectivity index (χ1v) is 7.17. The highest BCUT2D eigenvalue weighted by molar-refractivity contribution is 7.09. The van der Waals surface area contributed by atoms with Crippen LogP contribution in [-0.2, 0) is 6.42 Å². The van der Waals surface area contributed by atoms with E-state index in [1.807, 2.05) is 0 Å². The normalized spacial score (nSPS) is 18.0. The van der Waals surface area contributed by atoms with E-state index in [1.54, 1.807) is 11.3 Å². The lowest BCUT2D eigenvalue weighted by molar-refractivity contribution is 0.357. The molecule has 0 spiro atoms. The van der Waals surface area contributed by atoms with Crippen LogP contribution in [0.4, 0.5) is 0 Å². The molecule has 0 saturated heterocycles. The molecule has 1 saturated carbocycles. The molecule has 1 aliphatic rings. The lowest BCUT2D eigenvalue weighted by Crippen LogP contribution is -2.29. The van der Waals surface area contributed by atoms with Crippen LogP contribution in [0.3, 0.4) is 0 Å². The standard InChI is InChI=1S/C13H22N2S/c1-9(2)11(7-14-12-4-5-12)6-13-8-16-10(3)15-13/h8-9,11-12,14H,4-7H2,1-3H3. The van der Waals surface area contributed by atoms with Gasteiger partial charge in [0.1, 0.15) is 0 Å². The summed E-state index contributed by atoms with van der Waals surface area (Å²) >= 11 is 1.76. The van der Waals surface area contributed by atoms with Gasteiger partial charge in [-0.3, -0.25) is 0 Å². The Labute approximate surface area is 102 Å². The summed E-state index contributed by atoms with van der Waals surface area (Å²) in [5.41, 5.74) is 1.28. The van der Waals surface area contributed by atoms with Crippen molar-refractivity contribution >= 4 is 11.3 Å². The van der Waals surface area contributed by atoms with Crippen LogP contribution in [0.1, 0.15) is 37.4 Å². The van der Waals surface area contributed by atoms with E-state index in [9.17, 15) is 0 Å². The minimum absolute atomic E-state index is 0.724. The van der Waals surface area contributed by atoms with Crippen LogP contribution in [0.25, 0.3) is 0 Å². The Morgan fingerprint density at radius 2 is 2.25 bits per heavy atom. The van der Waals surface area contributed by atoms with Crippen molar-refractivity contribution in [3.05, 3.63) is 16.1 Å². The molecule has 1 N–H and O–H groups in total. The first-order valence-electron chi connectivity index (χ1n) is 6.29. The van der Waals surface area contributed by atoms with Crippen molar-refractivity contribution in [1.82, 2.24) is 10.3 Å². The minimum atomic E-state index is 0.724. The second kappa shape index (κ2) is 5.28. The Morgan fingerprint density at radius 1 is 1.50 bits per heavy atom. The third-order valence-corrected chi connectivity index (χ3v) is 4.15. The third kappa shape index (κ3) is 3.56. The summed E-state index contributed by atoms with van der Waals surface area (Å²) in [4.78, 5) is 4.57. The Hall–Kier alpha value is -0.410. The molecule has 2 rings (SSSR count). The summed E-state index contributed by atoms with van der Waals surface area (Å²) in [5.74, 6) is 1.45. The Balaban J connectivity index is 1.85. The van der Waals surface area contributed by atoms with Crippen molar-refractivity contribution in [2.45, 2.75) is 46.1 Å². The van der Waals surface area contributed by atoms with Crippen LogP contribution in [0.15, 0.2) is 5.38 Å². The minimum Gasteiger partial charge on any atom is -0.314 e. The number of rotatable bonds is 6. The van der Waals surface area contributed by atoms with Crippen LogP contribution in [-0.4, -0.2) is 17.6 Å². The molecule has 2 nitrogen and oxygen atoms in total. The molecule has 0 amide bonds. The van der Waals surface area contributed by atoms with Crippen LogP contribution in [0.2, 0.25) is 0 Å². The fourth-order valence-electron chi connectivity index (χ4n) is 1.92.